The van der Waals surface area contributed by atoms with Crippen LogP contribution in [0.4, 0.5) is 5.82 Å². The number of hydrogen-bond acceptors (Lipinski definition) is 4. The molecule has 0 saturated heterocycles. The Hall–Kier alpha value is -0.870. The minimum Gasteiger partial charge on any atom is -0.370 e. The van der Waals surface area contributed by atoms with Crippen molar-refractivity contribution in [2.45, 2.75) is 19.8 Å². The molecule has 5 heteroatoms. The van der Waals surface area contributed by atoms with Gasteiger partial charge in [0.25, 0.3) is 0 Å². The third kappa shape index (κ3) is 3.94. The van der Waals surface area contributed by atoms with Gasteiger partial charge in [0, 0.05) is 12.1 Å². The van der Waals surface area contributed by atoms with Crippen molar-refractivity contribution in [3.63, 3.8) is 0 Å². The van der Waals surface area contributed by atoms with E-state index in [9.17, 15) is 0 Å². The van der Waals surface area contributed by atoms with Crippen LogP contribution in [0.3, 0.4) is 0 Å². The highest BCUT2D eigenvalue weighted by Gasteiger charge is 2.06. The summed E-state index contributed by atoms with van der Waals surface area (Å²) in [5, 5.41) is 3.85. The summed E-state index contributed by atoms with van der Waals surface area (Å²) in [6.07, 6.45) is 3.42. The van der Waals surface area contributed by atoms with E-state index in [1.54, 1.807) is 0 Å². The Bertz CT molecular complexity index is 328. The van der Waals surface area contributed by atoms with Crippen LogP contribution in [-0.2, 0) is 6.42 Å². The number of hydrogen-bond donors (Lipinski definition) is 1. The fraction of sp³-hybridized carbons (Fsp3) is 0.636. The normalized spacial score (nSPS) is 10.8. The highest BCUT2D eigenvalue weighted by molar-refractivity contribution is 6.30. The second-order valence-corrected chi connectivity index (χ2v) is 4.29. The van der Waals surface area contributed by atoms with Gasteiger partial charge in [-0.1, -0.05) is 18.5 Å². The Morgan fingerprint density at radius 2 is 2.12 bits per heavy atom. The molecule has 0 amide bonds. The number of halogens is 1. The summed E-state index contributed by atoms with van der Waals surface area (Å²) in [5.74, 6) is 0.862. The van der Waals surface area contributed by atoms with Crippen LogP contribution in [-0.4, -0.2) is 42.1 Å². The van der Waals surface area contributed by atoms with E-state index in [0.29, 0.717) is 5.15 Å². The van der Waals surface area contributed by atoms with Gasteiger partial charge < -0.3 is 10.2 Å². The van der Waals surface area contributed by atoms with Gasteiger partial charge in [0.05, 0.1) is 0 Å². The first kappa shape index (κ1) is 13.2. The van der Waals surface area contributed by atoms with Gasteiger partial charge >= 0.3 is 0 Å². The minimum atomic E-state index is 0.549. The third-order valence-corrected chi connectivity index (χ3v) is 2.65. The molecule has 1 N–H and O–H groups in total. The monoisotopic (exact) mass is 242 g/mol. The maximum Gasteiger partial charge on any atom is 0.137 e. The number of nitrogens with zero attached hydrogens (tertiary/aromatic N) is 3. The van der Waals surface area contributed by atoms with E-state index >= 15 is 0 Å². The average molecular weight is 243 g/mol. The second kappa shape index (κ2) is 6.66. The van der Waals surface area contributed by atoms with Crippen molar-refractivity contribution >= 4 is 17.4 Å². The fourth-order valence-electron chi connectivity index (χ4n) is 1.46. The molecule has 0 aliphatic rings. The molecule has 0 saturated carbocycles. The van der Waals surface area contributed by atoms with Gasteiger partial charge in [-0.15, -0.1) is 0 Å². The zero-order chi connectivity index (χ0) is 12.0. The van der Waals surface area contributed by atoms with Gasteiger partial charge in [-0.2, -0.15) is 0 Å². The Kier molecular flexibility index (Phi) is 5.49. The molecule has 90 valence electrons. The van der Waals surface area contributed by atoms with E-state index < -0.39 is 0 Å². The van der Waals surface area contributed by atoms with Crippen molar-refractivity contribution in [2.24, 2.45) is 0 Å². The standard InChI is InChI=1S/C11H19ClN4/c1-4-9-10(12)14-8-15-11(9)13-6-5-7-16(2)3/h8H,4-7H2,1-3H3,(H,13,14,15). The van der Waals surface area contributed by atoms with Gasteiger partial charge in [-0.3, -0.25) is 0 Å². The molecular formula is C11H19ClN4. The van der Waals surface area contributed by atoms with E-state index in [1.165, 1.54) is 6.33 Å². The highest BCUT2D eigenvalue weighted by atomic mass is 35.5. The molecule has 1 heterocycles. The summed E-state index contributed by atoms with van der Waals surface area (Å²) in [7, 11) is 4.14. The van der Waals surface area contributed by atoms with Crippen molar-refractivity contribution < 1.29 is 0 Å². The molecule has 0 fully saturated rings. The molecule has 0 unspecified atom stereocenters. The van der Waals surface area contributed by atoms with Gasteiger partial charge in [-0.05, 0) is 33.5 Å². The maximum atomic E-state index is 5.99. The maximum absolute atomic E-state index is 5.99. The predicted molar refractivity (Wildman–Crippen MR) is 68.1 cm³/mol. The molecule has 1 aromatic heterocycles. The van der Waals surface area contributed by atoms with Crippen molar-refractivity contribution in [1.82, 2.24) is 14.9 Å². The lowest BCUT2D eigenvalue weighted by molar-refractivity contribution is 0.405. The van der Waals surface area contributed by atoms with Crippen LogP contribution in [0, 0.1) is 0 Å². The van der Waals surface area contributed by atoms with Crippen molar-refractivity contribution in [1.29, 1.82) is 0 Å². The lowest BCUT2D eigenvalue weighted by Gasteiger charge is -2.12. The van der Waals surface area contributed by atoms with Crippen LogP contribution in [0.15, 0.2) is 6.33 Å². The van der Waals surface area contributed by atoms with Crippen LogP contribution in [0.2, 0.25) is 5.15 Å². The Balaban J connectivity index is 2.50. The zero-order valence-electron chi connectivity index (χ0n) is 10.1. The molecule has 0 aliphatic carbocycles. The van der Waals surface area contributed by atoms with Crippen molar-refractivity contribution in [3.8, 4) is 0 Å². The molecule has 16 heavy (non-hydrogen) atoms. The van der Waals surface area contributed by atoms with Crippen LogP contribution < -0.4 is 5.32 Å². The van der Waals surface area contributed by atoms with Gasteiger partial charge in [0.2, 0.25) is 0 Å². The number of aromatic nitrogens is 2. The summed E-state index contributed by atoms with van der Waals surface area (Å²) in [6.45, 7) is 4.02. The summed E-state index contributed by atoms with van der Waals surface area (Å²) in [4.78, 5) is 10.3. The first-order chi connectivity index (χ1) is 7.65. The number of anilines is 1. The number of rotatable bonds is 6. The van der Waals surface area contributed by atoms with Crippen LogP contribution >= 0.6 is 11.6 Å². The Morgan fingerprint density at radius 1 is 1.38 bits per heavy atom. The molecule has 0 aromatic carbocycles. The summed E-state index contributed by atoms with van der Waals surface area (Å²) >= 11 is 5.99. The molecule has 0 radical (unpaired) electrons. The molecule has 4 nitrogen and oxygen atoms in total. The summed E-state index contributed by atoms with van der Waals surface area (Å²) in [5.41, 5.74) is 0.994. The average Bonchev–Trinajstić information content (AvgIpc) is 2.24. The lowest BCUT2D eigenvalue weighted by Crippen LogP contribution is -2.17. The molecular weight excluding hydrogens is 224 g/mol. The van der Waals surface area contributed by atoms with E-state index in [2.05, 4.69) is 41.2 Å². The molecule has 1 rings (SSSR count). The topological polar surface area (TPSA) is 41.1 Å². The first-order valence-electron chi connectivity index (χ1n) is 5.53. The van der Waals surface area contributed by atoms with E-state index in [1.807, 2.05) is 0 Å². The van der Waals surface area contributed by atoms with Gasteiger partial charge in [-0.25, -0.2) is 9.97 Å². The van der Waals surface area contributed by atoms with E-state index in [0.717, 1.165) is 37.3 Å². The minimum absolute atomic E-state index is 0.549. The van der Waals surface area contributed by atoms with Gasteiger partial charge in [0.1, 0.15) is 17.3 Å². The van der Waals surface area contributed by atoms with Crippen molar-refractivity contribution in [3.05, 3.63) is 17.0 Å². The van der Waals surface area contributed by atoms with E-state index in [-0.39, 0.29) is 0 Å². The van der Waals surface area contributed by atoms with Crippen molar-refractivity contribution in [2.75, 3.05) is 32.5 Å². The molecule has 0 bridgehead atoms. The quantitative estimate of drug-likeness (QED) is 0.613. The number of nitrogens with one attached hydrogen (secondary N) is 1. The lowest BCUT2D eigenvalue weighted by atomic mass is 10.2. The molecule has 0 atom stereocenters. The summed E-state index contributed by atoms with van der Waals surface area (Å²) < 4.78 is 0. The largest absolute Gasteiger partial charge is 0.370 e. The third-order valence-electron chi connectivity index (χ3n) is 2.32. The highest BCUT2D eigenvalue weighted by Crippen LogP contribution is 2.19. The molecule has 0 spiro atoms. The fourth-order valence-corrected chi connectivity index (χ4v) is 1.73. The molecule has 1 aromatic rings. The molecule has 0 aliphatic heterocycles. The van der Waals surface area contributed by atoms with Crippen LogP contribution in [0.25, 0.3) is 0 Å². The Morgan fingerprint density at radius 3 is 2.75 bits per heavy atom. The summed E-state index contributed by atoms with van der Waals surface area (Å²) in [6, 6.07) is 0. The van der Waals surface area contributed by atoms with Gasteiger partial charge in [0.15, 0.2) is 0 Å². The van der Waals surface area contributed by atoms with Crippen LogP contribution in [0.1, 0.15) is 18.9 Å². The zero-order valence-corrected chi connectivity index (χ0v) is 10.9. The SMILES string of the molecule is CCc1c(Cl)ncnc1NCCCN(C)C. The van der Waals surface area contributed by atoms with E-state index in [4.69, 9.17) is 11.6 Å². The second-order valence-electron chi connectivity index (χ2n) is 3.93. The first-order valence-corrected chi connectivity index (χ1v) is 5.91. The Labute approximate surface area is 102 Å². The van der Waals surface area contributed by atoms with Crippen LogP contribution in [0.5, 0.6) is 0 Å². The smallest absolute Gasteiger partial charge is 0.137 e. The predicted octanol–water partition coefficient (Wildman–Crippen LogP) is 2.06.